The summed E-state index contributed by atoms with van der Waals surface area (Å²) in [7, 11) is 2.46. The number of hydrogen-bond donors (Lipinski definition) is 2. The Kier molecular flexibility index (Phi) is 19.1. The van der Waals surface area contributed by atoms with E-state index in [2.05, 4.69) is 67.5 Å². The smallest absolute Gasteiger partial charge is 0.338 e. The zero-order valence-corrected chi connectivity index (χ0v) is 31.0. The molecule has 14 nitrogen and oxygen atoms in total. The van der Waals surface area contributed by atoms with Gasteiger partial charge < -0.3 is 48.5 Å². The molecule has 0 spiro atoms. The average molecular weight is 717 g/mol. The summed E-state index contributed by atoms with van der Waals surface area (Å²) in [5, 5.41) is 6.75. The van der Waals surface area contributed by atoms with Gasteiger partial charge in [-0.3, -0.25) is 4.90 Å². The van der Waals surface area contributed by atoms with Crippen molar-refractivity contribution in [3.8, 4) is 11.5 Å². The summed E-state index contributed by atoms with van der Waals surface area (Å²) in [5.74, 6) is -0.0909. The van der Waals surface area contributed by atoms with E-state index in [4.69, 9.17) is 42.9 Å². The zero-order valence-electron chi connectivity index (χ0n) is 31.0. The Bertz CT molecular complexity index is 1280. The Labute approximate surface area is 302 Å². The molecule has 0 radical (unpaired) electrons. The van der Waals surface area contributed by atoms with Gasteiger partial charge in [-0.15, -0.1) is 0 Å². The molecule has 1 aliphatic rings. The molecular weight excluding hydrogens is 660 g/mol. The molecule has 1 heterocycles. The molecule has 284 valence electrons. The number of aliphatic imine (C=N–C) groups is 1. The third-order valence-electron chi connectivity index (χ3n) is 7.41. The highest BCUT2D eigenvalue weighted by Gasteiger charge is 2.23. The third-order valence-corrected chi connectivity index (χ3v) is 7.41. The van der Waals surface area contributed by atoms with Crippen molar-refractivity contribution >= 4 is 17.9 Å². The molecule has 0 saturated heterocycles. The maximum atomic E-state index is 12.4. The van der Waals surface area contributed by atoms with Crippen molar-refractivity contribution < 1.29 is 47.5 Å². The number of fused-ring (bicyclic) bond motifs is 1. The molecule has 51 heavy (non-hydrogen) atoms. The lowest BCUT2D eigenvalue weighted by Gasteiger charge is -2.22. The summed E-state index contributed by atoms with van der Waals surface area (Å²) in [6.07, 6.45) is 0. The number of guanidine groups is 1. The predicted molar refractivity (Wildman–Crippen MR) is 193 cm³/mol. The van der Waals surface area contributed by atoms with E-state index in [1.165, 1.54) is 31.9 Å². The number of nitrogens with zero attached hydrogens (tertiary/aromatic N) is 2. The fourth-order valence-corrected chi connectivity index (χ4v) is 4.92. The largest absolute Gasteiger partial charge is 0.487 e. The number of carbonyl (C=O) groups is 2. The van der Waals surface area contributed by atoms with Crippen LogP contribution in [-0.4, -0.2) is 128 Å². The Morgan fingerprint density at radius 3 is 1.51 bits per heavy atom. The molecule has 14 heteroatoms. The minimum Gasteiger partial charge on any atom is -0.487 e. The number of nitrogens with one attached hydrogen (secondary N) is 2. The van der Waals surface area contributed by atoms with Gasteiger partial charge in [-0.05, 0) is 51.0 Å². The average Bonchev–Trinajstić information content (AvgIpc) is 3.11. The summed E-state index contributed by atoms with van der Waals surface area (Å²) in [6, 6.07) is 11.9. The highest BCUT2D eigenvalue weighted by molar-refractivity contribution is 6.04. The molecule has 0 saturated carbocycles. The molecule has 3 rings (SSSR count). The number of esters is 2. The minimum absolute atomic E-state index is 0.000557. The molecule has 0 fully saturated rings. The molecule has 0 bridgehead atoms. The molecule has 0 unspecified atom stereocenters. The van der Waals surface area contributed by atoms with Crippen molar-refractivity contribution in [2.45, 2.75) is 52.9 Å². The Hall–Kier alpha value is -3.95. The molecular formula is C37H56N4O10. The second-order valence-corrected chi connectivity index (χ2v) is 12.3. The van der Waals surface area contributed by atoms with Gasteiger partial charge in [0.05, 0.1) is 84.7 Å². The van der Waals surface area contributed by atoms with Crippen LogP contribution in [-0.2, 0) is 41.5 Å². The van der Waals surface area contributed by atoms with Crippen LogP contribution in [0.5, 0.6) is 11.5 Å². The molecule has 0 aliphatic carbocycles. The van der Waals surface area contributed by atoms with Gasteiger partial charge in [0.1, 0.15) is 13.2 Å². The lowest BCUT2D eigenvalue weighted by atomic mass is 10.1. The van der Waals surface area contributed by atoms with Crippen LogP contribution in [0, 0.1) is 0 Å². The van der Waals surface area contributed by atoms with Crippen LogP contribution in [0.15, 0.2) is 41.4 Å². The van der Waals surface area contributed by atoms with Crippen LogP contribution in [0.1, 0.15) is 59.5 Å². The van der Waals surface area contributed by atoms with E-state index in [0.29, 0.717) is 58.3 Å². The van der Waals surface area contributed by atoms with Crippen LogP contribution in [0.3, 0.4) is 0 Å². The number of methoxy groups -OCH3 is 2. The van der Waals surface area contributed by atoms with Gasteiger partial charge in [-0.1, -0.05) is 24.3 Å². The van der Waals surface area contributed by atoms with Gasteiger partial charge >= 0.3 is 11.9 Å². The molecule has 1 aliphatic heterocycles. The highest BCUT2D eigenvalue weighted by atomic mass is 16.6. The molecule has 0 aromatic heterocycles. The maximum Gasteiger partial charge on any atom is 0.338 e. The van der Waals surface area contributed by atoms with E-state index < -0.39 is 11.9 Å². The van der Waals surface area contributed by atoms with Crippen molar-refractivity contribution in [1.82, 2.24) is 15.5 Å². The van der Waals surface area contributed by atoms with Crippen molar-refractivity contribution in [2.75, 3.05) is 93.4 Å². The van der Waals surface area contributed by atoms with E-state index in [-0.39, 0.29) is 49.1 Å². The van der Waals surface area contributed by atoms with Gasteiger partial charge in [0.2, 0.25) is 0 Å². The number of rotatable bonds is 8. The molecule has 0 amide bonds. The molecule has 2 aromatic carbocycles. The molecule has 2 aromatic rings. The van der Waals surface area contributed by atoms with Crippen LogP contribution in [0.2, 0.25) is 0 Å². The number of benzene rings is 2. The number of carbonyl (C=O) groups excluding carboxylic acids is 2. The molecule has 2 N–H and O–H groups in total. The summed E-state index contributed by atoms with van der Waals surface area (Å²) >= 11 is 0. The lowest BCUT2D eigenvalue weighted by molar-refractivity contribution is 0.0172. The first-order valence-electron chi connectivity index (χ1n) is 17.5. The highest BCUT2D eigenvalue weighted by Crippen LogP contribution is 2.32. The third kappa shape index (κ3) is 15.9. The van der Waals surface area contributed by atoms with E-state index in [1.54, 1.807) is 0 Å². The molecule has 0 atom stereocenters. The second kappa shape index (κ2) is 23.5. The van der Waals surface area contributed by atoms with Gasteiger partial charge in [0.15, 0.2) is 17.5 Å². The maximum absolute atomic E-state index is 12.4. The quantitative estimate of drug-likeness (QED) is 0.234. The van der Waals surface area contributed by atoms with E-state index >= 15 is 0 Å². The Morgan fingerprint density at radius 2 is 1.08 bits per heavy atom. The second-order valence-electron chi connectivity index (χ2n) is 12.3. The van der Waals surface area contributed by atoms with Gasteiger partial charge in [0, 0.05) is 31.7 Å². The number of hydrogen-bond acceptors (Lipinski definition) is 12. The first kappa shape index (κ1) is 41.5. The monoisotopic (exact) mass is 716 g/mol. The first-order chi connectivity index (χ1) is 24.7. The predicted octanol–water partition coefficient (Wildman–Crippen LogP) is 3.45. The summed E-state index contributed by atoms with van der Waals surface area (Å²) < 4.78 is 44.6. The van der Waals surface area contributed by atoms with Crippen molar-refractivity contribution in [1.29, 1.82) is 0 Å². The fourth-order valence-electron chi connectivity index (χ4n) is 4.92. The van der Waals surface area contributed by atoms with Crippen LogP contribution < -0.4 is 20.1 Å². The van der Waals surface area contributed by atoms with Gasteiger partial charge in [0.25, 0.3) is 0 Å². The van der Waals surface area contributed by atoms with Crippen LogP contribution >= 0.6 is 0 Å². The van der Waals surface area contributed by atoms with Crippen LogP contribution in [0.25, 0.3) is 0 Å². The summed E-state index contributed by atoms with van der Waals surface area (Å²) in [6.45, 7) is 14.7. The SMILES string of the molecule is COC(=O)c1cc2c(cc1C(=O)OC)OCCOCCOCCN(Cc1ccc(CN=C(NC(C)C)NC(C)C)cc1)CCOCCOCCO2. The normalized spacial score (nSPS) is 16.1. The van der Waals surface area contributed by atoms with Gasteiger partial charge in [-0.25, -0.2) is 14.6 Å². The van der Waals surface area contributed by atoms with Crippen molar-refractivity contribution in [2.24, 2.45) is 4.99 Å². The van der Waals surface area contributed by atoms with E-state index in [1.807, 2.05) is 0 Å². The summed E-state index contributed by atoms with van der Waals surface area (Å²) in [4.78, 5) is 31.9. The van der Waals surface area contributed by atoms with Gasteiger partial charge in [-0.2, -0.15) is 0 Å². The standard InChI is InChI=1S/C37H56N4O10/c1-27(2)39-37(40-28(3)4)38-25-29-7-9-30(10-8-29)26-41-11-13-46-15-17-48-19-21-50-33-23-31(35(42)44-5)32(36(43)45-6)24-34(33)51-22-20-49-18-16-47-14-12-41/h7-10,23-24,27-28H,11-22,25-26H2,1-6H3,(H2,38,39,40). The van der Waals surface area contributed by atoms with E-state index in [0.717, 1.165) is 31.2 Å². The summed E-state index contributed by atoms with van der Waals surface area (Å²) in [5.41, 5.74) is 2.33. The lowest BCUT2D eigenvalue weighted by Crippen LogP contribution is -2.44. The van der Waals surface area contributed by atoms with Crippen molar-refractivity contribution in [3.05, 3.63) is 58.7 Å². The van der Waals surface area contributed by atoms with Crippen molar-refractivity contribution in [3.63, 3.8) is 0 Å². The number of ether oxygens (including phenoxy) is 8. The minimum atomic E-state index is -0.707. The fraction of sp³-hybridized carbons (Fsp3) is 0.595. The van der Waals surface area contributed by atoms with E-state index in [9.17, 15) is 9.59 Å². The topological polar surface area (TPSA) is 148 Å². The Balaban J connectivity index is 1.56. The van der Waals surface area contributed by atoms with Crippen LogP contribution in [0.4, 0.5) is 0 Å². The zero-order chi connectivity index (χ0) is 36.8. The first-order valence-corrected chi connectivity index (χ1v) is 17.5. The Morgan fingerprint density at radius 1 is 0.667 bits per heavy atom.